The second-order valence-electron chi connectivity index (χ2n) is 3.76. The molecule has 2 heterocycles. The summed E-state index contributed by atoms with van der Waals surface area (Å²) in [7, 11) is 0. The van der Waals surface area contributed by atoms with Crippen molar-refractivity contribution in [2.45, 2.75) is 6.04 Å². The highest BCUT2D eigenvalue weighted by molar-refractivity contribution is 5.75. The number of rotatable bonds is 1. The van der Waals surface area contributed by atoms with Gasteiger partial charge in [-0.15, -0.1) is 0 Å². The molecule has 2 aromatic rings. The highest BCUT2D eigenvalue weighted by Gasteiger charge is 2.22. The second kappa shape index (κ2) is 3.13. The number of aldehydes is 1. The number of aromatic hydroxyl groups is 1. The minimum Gasteiger partial charge on any atom is -0.508 e. The van der Waals surface area contributed by atoms with Gasteiger partial charge >= 0.3 is 0 Å². The molecule has 4 heteroatoms. The van der Waals surface area contributed by atoms with Crippen LogP contribution in [-0.2, 0) is 4.79 Å². The van der Waals surface area contributed by atoms with Crippen LogP contribution in [0.1, 0.15) is 11.7 Å². The van der Waals surface area contributed by atoms with E-state index in [1.807, 2.05) is 29.0 Å². The molecule has 0 spiro atoms. The highest BCUT2D eigenvalue weighted by Crippen LogP contribution is 2.34. The molecule has 1 atom stereocenters. The molecule has 0 saturated carbocycles. The van der Waals surface area contributed by atoms with Crippen molar-refractivity contribution in [3.8, 4) is 11.4 Å². The zero-order chi connectivity index (χ0) is 11.1. The van der Waals surface area contributed by atoms with Crippen molar-refractivity contribution < 1.29 is 9.90 Å². The molecule has 0 radical (unpaired) electrons. The van der Waals surface area contributed by atoms with E-state index in [1.165, 1.54) is 0 Å². The van der Waals surface area contributed by atoms with Gasteiger partial charge in [0.05, 0.1) is 17.1 Å². The molecule has 0 amide bonds. The van der Waals surface area contributed by atoms with Crippen LogP contribution in [0, 0.1) is 0 Å². The molecule has 1 aliphatic heterocycles. The van der Waals surface area contributed by atoms with Gasteiger partial charge in [-0.2, -0.15) is 0 Å². The average molecular weight is 214 g/mol. The molecule has 0 bridgehead atoms. The van der Waals surface area contributed by atoms with Gasteiger partial charge in [0.25, 0.3) is 0 Å². The van der Waals surface area contributed by atoms with Crippen molar-refractivity contribution in [2.75, 3.05) is 5.32 Å². The molecule has 2 N–H and O–H groups in total. The lowest BCUT2D eigenvalue weighted by molar-refractivity contribution is -0.108. The lowest BCUT2D eigenvalue weighted by atomic mass is 10.1. The van der Waals surface area contributed by atoms with Crippen LogP contribution in [0.15, 0.2) is 36.5 Å². The predicted molar refractivity (Wildman–Crippen MR) is 59.9 cm³/mol. The van der Waals surface area contributed by atoms with Gasteiger partial charge in [0, 0.05) is 12.3 Å². The summed E-state index contributed by atoms with van der Waals surface area (Å²) in [5.74, 6) is 0.187. The fourth-order valence-corrected chi connectivity index (χ4v) is 2.06. The van der Waals surface area contributed by atoms with E-state index in [9.17, 15) is 9.90 Å². The number of aromatic nitrogens is 1. The third-order valence-corrected chi connectivity index (χ3v) is 2.79. The van der Waals surface area contributed by atoms with Crippen molar-refractivity contribution in [1.82, 2.24) is 4.57 Å². The Morgan fingerprint density at radius 2 is 2.25 bits per heavy atom. The molecular weight excluding hydrogens is 204 g/mol. The van der Waals surface area contributed by atoms with E-state index in [0.717, 1.165) is 23.4 Å². The molecule has 1 aromatic carbocycles. The van der Waals surface area contributed by atoms with Gasteiger partial charge in [-0.05, 0) is 24.3 Å². The van der Waals surface area contributed by atoms with Crippen molar-refractivity contribution in [1.29, 1.82) is 0 Å². The standard InChI is InChI=1S/C12H10N2O2/c15-7-10-11-2-1-5-14(11)12-4-3-8(16)6-9(12)13-10/h1-7,10,13,16H. The number of carbonyl (C=O) groups is 1. The Balaban J connectivity index is 2.25. The Morgan fingerprint density at radius 3 is 3.06 bits per heavy atom. The molecule has 1 aliphatic rings. The van der Waals surface area contributed by atoms with E-state index in [1.54, 1.807) is 12.1 Å². The first-order valence-electron chi connectivity index (χ1n) is 5.02. The summed E-state index contributed by atoms with van der Waals surface area (Å²) in [4.78, 5) is 11.0. The lowest BCUT2D eigenvalue weighted by Gasteiger charge is -2.25. The van der Waals surface area contributed by atoms with Gasteiger partial charge in [-0.1, -0.05) is 0 Å². The topological polar surface area (TPSA) is 54.3 Å². The maximum Gasteiger partial charge on any atom is 0.148 e. The van der Waals surface area contributed by atoms with Crippen LogP contribution < -0.4 is 5.32 Å². The molecular formula is C12H10N2O2. The van der Waals surface area contributed by atoms with E-state index in [4.69, 9.17) is 0 Å². The first kappa shape index (κ1) is 9.03. The summed E-state index contributed by atoms with van der Waals surface area (Å²) < 4.78 is 1.95. The van der Waals surface area contributed by atoms with Gasteiger partial charge in [-0.25, -0.2) is 0 Å². The average Bonchev–Trinajstić information content (AvgIpc) is 2.76. The Kier molecular flexibility index (Phi) is 1.77. The van der Waals surface area contributed by atoms with Gasteiger partial charge in [0.2, 0.25) is 0 Å². The Labute approximate surface area is 92.1 Å². The van der Waals surface area contributed by atoms with Crippen LogP contribution in [-0.4, -0.2) is 16.0 Å². The summed E-state index contributed by atoms with van der Waals surface area (Å²) in [6.07, 6.45) is 2.77. The van der Waals surface area contributed by atoms with E-state index in [-0.39, 0.29) is 11.8 Å². The quantitative estimate of drug-likeness (QED) is 0.712. The molecule has 0 saturated heterocycles. The van der Waals surface area contributed by atoms with Gasteiger partial charge < -0.3 is 19.8 Å². The molecule has 0 fully saturated rings. The molecule has 4 nitrogen and oxygen atoms in total. The van der Waals surface area contributed by atoms with Crippen LogP contribution in [0.3, 0.4) is 0 Å². The monoisotopic (exact) mass is 214 g/mol. The SMILES string of the molecule is O=CC1Nc2cc(O)ccc2-n2cccc21. The number of nitrogens with one attached hydrogen (secondary N) is 1. The summed E-state index contributed by atoms with van der Waals surface area (Å²) in [5.41, 5.74) is 2.62. The minimum atomic E-state index is -0.357. The normalized spacial score (nSPS) is 17.1. The van der Waals surface area contributed by atoms with Crippen LogP contribution in [0.25, 0.3) is 5.69 Å². The smallest absolute Gasteiger partial charge is 0.148 e. The maximum atomic E-state index is 11.0. The second-order valence-corrected chi connectivity index (χ2v) is 3.76. The largest absolute Gasteiger partial charge is 0.508 e. The highest BCUT2D eigenvalue weighted by atomic mass is 16.3. The molecule has 1 aromatic heterocycles. The fourth-order valence-electron chi connectivity index (χ4n) is 2.06. The molecule has 16 heavy (non-hydrogen) atoms. The van der Waals surface area contributed by atoms with Crippen LogP contribution in [0.4, 0.5) is 5.69 Å². The Morgan fingerprint density at radius 1 is 1.38 bits per heavy atom. The summed E-state index contributed by atoms with van der Waals surface area (Å²) in [6, 6.07) is 8.52. The number of fused-ring (bicyclic) bond motifs is 3. The minimum absolute atomic E-state index is 0.187. The summed E-state index contributed by atoms with van der Waals surface area (Å²) >= 11 is 0. The van der Waals surface area contributed by atoms with Gasteiger partial charge in [0.1, 0.15) is 18.1 Å². The van der Waals surface area contributed by atoms with Crippen molar-refractivity contribution in [2.24, 2.45) is 0 Å². The number of benzene rings is 1. The third-order valence-electron chi connectivity index (χ3n) is 2.79. The summed E-state index contributed by atoms with van der Waals surface area (Å²) in [6.45, 7) is 0. The van der Waals surface area contributed by atoms with Crippen LogP contribution in [0.5, 0.6) is 5.75 Å². The molecule has 80 valence electrons. The predicted octanol–water partition coefficient (Wildman–Crippen LogP) is 1.85. The van der Waals surface area contributed by atoms with Crippen molar-refractivity contribution >= 4 is 12.0 Å². The fraction of sp³-hybridized carbons (Fsp3) is 0.0833. The van der Waals surface area contributed by atoms with E-state index in [0.29, 0.717) is 0 Å². The first-order chi connectivity index (χ1) is 7.79. The number of anilines is 1. The zero-order valence-corrected chi connectivity index (χ0v) is 8.42. The Bertz CT molecular complexity index is 560. The number of hydrogen-bond donors (Lipinski definition) is 2. The van der Waals surface area contributed by atoms with Crippen molar-refractivity contribution in [3.05, 3.63) is 42.2 Å². The number of nitrogens with zero attached hydrogens (tertiary/aromatic N) is 1. The van der Waals surface area contributed by atoms with E-state index >= 15 is 0 Å². The lowest BCUT2D eigenvalue weighted by Crippen LogP contribution is -2.21. The van der Waals surface area contributed by atoms with Crippen LogP contribution in [0.2, 0.25) is 0 Å². The van der Waals surface area contributed by atoms with Crippen molar-refractivity contribution in [3.63, 3.8) is 0 Å². The third kappa shape index (κ3) is 1.13. The van der Waals surface area contributed by atoms with Gasteiger partial charge in [-0.3, -0.25) is 0 Å². The number of hydrogen-bond acceptors (Lipinski definition) is 3. The maximum absolute atomic E-state index is 11.0. The molecule has 1 unspecified atom stereocenters. The number of phenols is 1. The molecule has 0 aliphatic carbocycles. The number of carbonyl (C=O) groups excluding carboxylic acids is 1. The van der Waals surface area contributed by atoms with Gasteiger partial charge in [0.15, 0.2) is 0 Å². The zero-order valence-electron chi connectivity index (χ0n) is 8.42. The van der Waals surface area contributed by atoms with E-state index < -0.39 is 0 Å². The Hall–Kier alpha value is -2.23. The first-order valence-corrected chi connectivity index (χ1v) is 5.02. The number of phenolic OH excluding ortho intramolecular Hbond substituents is 1. The van der Waals surface area contributed by atoms with Crippen LogP contribution >= 0.6 is 0 Å². The molecule has 3 rings (SSSR count). The summed E-state index contributed by atoms with van der Waals surface area (Å²) in [5, 5.41) is 12.5. The van der Waals surface area contributed by atoms with E-state index in [2.05, 4.69) is 5.32 Å².